The van der Waals surface area contributed by atoms with Crippen LogP contribution in [0, 0.1) is 0 Å². The van der Waals surface area contributed by atoms with Gasteiger partial charge in [0.15, 0.2) is 0 Å². The van der Waals surface area contributed by atoms with Gasteiger partial charge >= 0.3 is 0 Å². The molecule has 4 nitrogen and oxygen atoms in total. The summed E-state index contributed by atoms with van der Waals surface area (Å²) in [7, 11) is 0. The topological polar surface area (TPSA) is 50.4 Å². The Labute approximate surface area is 120 Å². The maximum absolute atomic E-state index is 11.7. The highest BCUT2D eigenvalue weighted by Gasteiger charge is 2.20. The van der Waals surface area contributed by atoms with Gasteiger partial charge in [0.1, 0.15) is 5.75 Å². The van der Waals surface area contributed by atoms with Crippen LogP contribution in [0.25, 0.3) is 0 Å². The number of carbonyl (C=O) groups excluding carboxylic acids is 1. The quantitative estimate of drug-likeness (QED) is 0.783. The van der Waals surface area contributed by atoms with Crippen LogP contribution in [-0.4, -0.2) is 31.6 Å². The lowest BCUT2D eigenvalue weighted by Crippen LogP contribution is -2.40. The third kappa shape index (κ3) is 5.49. The van der Waals surface area contributed by atoms with Crippen LogP contribution in [0.5, 0.6) is 5.75 Å². The van der Waals surface area contributed by atoms with Crippen LogP contribution in [0.15, 0.2) is 30.3 Å². The number of amides is 1. The molecule has 0 saturated carbocycles. The highest BCUT2D eigenvalue weighted by atomic mass is 35.5. The first-order chi connectivity index (χ1) is 8.86. The third-order valence-electron chi connectivity index (χ3n) is 3.01. The minimum Gasteiger partial charge on any atom is -0.494 e. The van der Waals surface area contributed by atoms with E-state index in [1.165, 1.54) is 0 Å². The molecule has 19 heavy (non-hydrogen) atoms. The predicted molar refractivity (Wildman–Crippen MR) is 77.8 cm³/mol. The molecule has 0 bridgehead atoms. The number of ether oxygens (including phenoxy) is 1. The van der Waals surface area contributed by atoms with E-state index in [0.717, 1.165) is 31.6 Å². The fourth-order valence-electron chi connectivity index (χ4n) is 2.02. The molecular weight excluding hydrogens is 264 g/mol. The molecule has 1 unspecified atom stereocenters. The second kappa shape index (κ2) is 8.77. The number of para-hydroxylation sites is 1. The van der Waals surface area contributed by atoms with Gasteiger partial charge in [-0.3, -0.25) is 4.79 Å². The molecule has 2 N–H and O–H groups in total. The summed E-state index contributed by atoms with van der Waals surface area (Å²) in [6.45, 7) is 2.25. The van der Waals surface area contributed by atoms with Crippen molar-refractivity contribution in [1.82, 2.24) is 10.6 Å². The number of carbonyl (C=O) groups is 1. The molecule has 0 radical (unpaired) electrons. The van der Waals surface area contributed by atoms with Gasteiger partial charge in [0.05, 0.1) is 12.6 Å². The Kier molecular flexibility index (Phi) is 7.30. The van der Waals surface area contributed by atoms with Gasteiger partial charge < -0.3 is 15.4 Å². The number of benzene rings is 1. The van der Waals surface area contributed by atoms with Crippen molar-refractivity contribution in [3.05, 3.63) is 30.3 Å². The van der Waals surface area contributed by atoms with Crippen LogP contribution in [0.4, 0.5) is 0 Å². The molecule has 106 valence electrons. The zero-order valence-corrected chi connectivity index (χ0v) is 11.7. The fourth-order valence-corrected chi connectivity index (χ4v) is 2.02. The van der Waals surface area contributed by atoms with E-state index in [-0.39, 0.29) is 24.4 Å². The van der Waals surface area contributed by atoms with Gasteiger partial charge in [-0.2, -0.15) is 0 Å². The van der Waals surface area contributed by atoms with Crippen molar-refractivity contribution in [3.8, 4) is 5.75 Å². The minimum absolute atomic E-state index is 0. The van der Waals surface area contributed by atoms with Crippen molar-refractivity contribution < 1.29 is 9.53 Å². The standard InChI is InChI=1S/C14H20N2O2.ClH/c17-14(13-8-4-9-15-13)16-10-5-11-18-12-6-2-1-3-7-12;/h1-3,6-7,13,15H,4-5,8-11H2,(H,16,17);1H. The molecule has 0 aliphatic carbocycles. The average Bonchev–Trinajstić information content (AvgIpc) is 2.93. The van der Waals surface area contributed by atoms with E-state index in [4.69, 9.17) is 4.74 Å². The van der Waals surface area contributed by atoms with E-state index in [1.807, 2.05) is 30.3 Å². The minimum atomic E-state index is 0. The molecule has 1 heterocycles. The molecule has 1 fully saturated rings. The smallest absolute Gasteiger partial charge is 0.237 e. The summed E-state index contributed by atoms with van der Waals surface area (Å²) in [4.78, 5) is 11.7. The Morgan fingerprint density at radius 3 is 2.84 bits per heavy atom. The number of halogens is 1. The zero-order valence-electron chi connectivity index (χ0n) is 10.9. The van der Waals surface area contributed by atoms with Gasteiger partial charge in [-0.15, -0.1) is 12.4 Å². The molecule has 1 atom stereocenters. The second-order valence-electron chi connectivity index (χ2n) is 4.46. The Balaban J connectivity index is 0.00000180. The number of nitrogens with one attached hydrogen (secondary N) is 2. The first kappa shape index (κ1) is 15.8. The number of rotatable bonds is 6. The molecule has 0 aromatic heterocycles. The molecular formula is C14H21ClN2O2. The molecule has 5 heteroatoms. The van der Waals surface area contributed by atoms with Gasteiger partial charge in [0.25, 0.3) is 0 Å². The van der Waals surface area contributed by atoms with Crippen molar-refractivity contribution >= 4 is 18.3 Å². The fraction of sp³-hybridized carbons (Fsp3) is 0.500. The second-order valence-corrected chi connectivity index (χ2v) is 4.46. The Hall–Kier alpha value is -1.26. The summed E-state index contributed by atoms with van der Waals surface area (Å²) in [6.07, 6.45) is 2.87. The maximum Gasteiger partial charge on any atom is 0.237 e. The normalized spacial score (nSPS) is 17.6. The van der Waals surface area contributed by atoms with Crippen LogP contribution >= 0.6 is 12.4 Å². The Morgan fingerprint density at radius 2 is 2.16 bits per heavy atom. The summed E-state index contributed by atoms with van der Waals surface area (Å²) >= 11 is 0. The zero-order chi connectivity index (χ0) is 12.6. The lowest BCUT2D eigenvalue weighted by atomic mass is 10.2. The average molecular weight is 285 g/mol. The van der Waals surface area contributed by atoms with Crippen LogP contribution in [0.1, 0.15) is 19.3 Å². The SMILES string of the molecule is Cl.O=C(NCCCOc1ccccc1)C1CCCN1. The number of hydrogen-bond acceptors (Lipinski definition) is 3. The van der Waals surface area contributed by atoms with Crippen LogP contribution in [-0.2, 0) is 4.79 Å². The molecule has 1 amide bonds. The van der Waals surface area contributed by atoms with Crippen molar-refractivity contribution in [2.45, 2.75) is 25.3 Å². The molecule has 2 rings (SSSR count). The molecule has 0 spiro atoms. The molecule has 1 aromatic rings. The van der Waals surface area contributed by atoms with E-state index < -0.39 is 0 Å². The number of hydrogen-bond donors (Lipinski definition) is 2. The molecule has 1 aliphatic heterocycles. The van der Waals surface area contributed by atoms with Crippen molar-refractivity contribution in [2.75, 3.05) is 19.7 Å². The van der Waals surface area contributed by atoms with E-state index in [0.29, 0.717) is 13.2 Å². The Morgan fingerprint density at radius 1 is 1.37 bits per heavy atom. The molecule has 1 aliphatic rings. The van der Waals surface area contributed by atoms with Crippen LogP contribution < -0.4 is 15.4 Å². The molecule has 1 saturated heterocycles. The third-order valence-corrected chi connectivity index (χ3v) is 3.01. The van der Waals surface area contributed by atoms with Gasteiger partial charge in [0.2, 0.25) is 5.91 Å². The predicted octanol–water partition coefficient (Wildman–Crippen LogP) is 1.75. The van der Waals surface area contributed by atoms with E-state index >= 15 is 0 Å². The lowest BCUT2D eigenvalue weighted by molar-refractivity contribution is -0.122. The van der Waals surface area contributed by atoms with E-state index in [1.54, 1.807) is 0 Å². The largest absolute Gasteiger partial charge is 0.494 e. The summed E-state index contributed by atoms with van der Waals surface area (Å²) in [5, 5.41) is 6.11. The first-order valence-electron chi connectivity index (χ1n) is 6.55. The molecule has 1 aromatic carbocycles. The maximum atomic E-state index is 11.7. The van der Waals surface area contributed by atoms with Crippen LogP contribution in [0.3, 0.4) is 0 Å². The van der Waals surface area contributed by atoms with Gasteiger partial charge in [-0.05, 0) is 37.9 Å². The highest BCUT2D eigenvalue weighted by molar-refractivity contribution is 5.85. The van der Waals surface area contributed by atoms with Crippen LogP contribution in [0.2, 0.25) is 0 Å². The van der Waals surface area contributed by atoms with Gasteiger partial charge in [-0.1, -0.05) is 18.2 Å². The van der Waals surface area contributed by atoms with Crippen molar-refractivity contribution in [2.24, 2.45) is 0 Å². The van der Waals surface area contributed by atoms with Gasteiger partial charge in [0, 0.05) is 6.54 Å². The van der Waals surface area contributed by atoms with Crippen molar-refractivity contribution in [3.63, 3.8) is 0 Å². The van der Waals surface area contributed by atoms with E-state index in [2.05, 4.69) is 10.6 Å². The summed E-state index contributed by atoms with van der Waals surface area (Å²) in [5.41, 5.74) is 0. The summed E-state index contributed by atoms with van der Waals surface area (Å²) < 4.78 is 5.55. The van der Waals surface area contributed by atoms with Crippen molar-refractivity contribution in [1.29, 1.82) is 0 Å². The monoisotopic (exact) mass is 284 g/mol. The van der Waals surface area contributed by atoms with Gasteiger partial charge in [-0.25, -0.2) is 0 Å². The Bertz CT molecular complexity index is 367. The summed E-state index contributed by atoms with van der Waals surface area (Å²) in [5.74, 6) is 0.994. The lowest BCUT2D eigenvalue weighted by Gasteiger charge is -2.11. The highest BCUT2D eigenvalue weighted by Crippen LogP contribution is 2.08. The first-order valence-corrected chi connectivity index (χ1v) is 6.55. The summed E-state index contributed by atoms with van der Waals surface area (Å²) in [6, 6.07) is 9.73. The van der Waals surface area contributed by atoms with E-state index in [9.17, 15) is 4.79 Å².